The fraction of sp³-hybridized carbons (Fsp3) is 0.412. The molecule has 0 N–H and O–H groups in total. The van der Waals surface area contributed by atoms with Gasteiger partial charge >= 0.3 is 0 Å². The predicted molar refractivity (Wildman–Crippen MR) is 91.3 cm³/mol. The summed E-state index contributed by atoms with van der Waals surface area (Å²) in [5, 5.41) is 0.681. The van der Waals surface area contributed by atoms with Gasteiger partial charge in [0.15, 0.2) is 0 Å². The van der Waals surface area contributed by atoms with Crippen molar-refractivity contribution in [2.45, 2.75) is 32.7 Å². The van der Waals surface area contributed by atoms with E-state index in [0.29, 0.717) is 11.6 Å². The monoisotopic (exact) mass is 322 g/mol. The van der Waals surface area contributed by atoms with Crippen LogP contribution in [0, 0.1) is 6.92 Å². The highest BCUT2D eigenvalue weighted by molar-refractivity contribution is 6.31. The summed E-state index contributed by atoms with van der Waals surface area (Å²) in [6.45, 7) is 10.1. The number of likely N-dealkylation sites (N-methyl/N-ethyl adjacent to an activating group) is 1. The maximum Gasteiger partial charge on any atom is 0.249 e. The Bertz CT molecular complexity index is 560. The van der Waals surface area contributed by atoms with Crippen molar-refractivity contribution < 1.29 is 9.59 Å². The Morgan fingerprint density at radius 2 is 2.00 bits per heavy atom. The minimum atomic E-state index is -0.339. The molecule has 2 rings (SSSR count). The largest absolute Gasteiger partial charge is 0.331 e. The molecule has 1 aromatic carbocycles. The third-order valence-electron chi connectivity index (χ3n) is 3.80. The van der Waals surface area contributed by atoms with Gasteiger partial charge < -0.3 is 9.80 Å². The lowest BCUT2D eigenvalue weighted by Gasteiger charge is -2.27. The summed E-state index contributed by atoms with van der Waals surface area (Å²) in [6.07, 6.45) is 1.61. The van der Waals surface area contributed by atoms with Crippen LogP contribution in [-0.4, -0.2) is 36.3 Å². The minimum Gasteiger partial charge on any atom is -0.331 e. The lowest BCUT2D eigenvalue weighted by Crippen LogP contribution is -2.46. The lowest BCUT2D eigenvalue weighted by atomic mass is 10.1. The van der Waals surface area contributed by atoms with Gasteiger partial charge in [-0.25, -0.2) is 0 Å². The first-order chi connectivity index (χ1) is 10.4. The van der Waals surface area contributed by atoms with Gasteiger partial charge in [0, 0.05) is 31.2 Å². The summed E-state index contributed by atoms with van der Waals surface area (Å²) in [4.78, 5) is 27.4. The summed E-state index contributed by atoms with van der Waals surface area (Å²) in [5.74, 6) is -0.0824. The maximum absolute atomic E-state index is 12.6. The first-order valence-corrected chi connectivity index (χ1v) is 7.60. The zero-order valence-electron chi connectivity index (χ0n) is 13.4. The molecule has 1 heterocycles. The van der Waals surface area contributed by atoms with E-state index >= 15 is 0 Å². The van der Waals surface area contributed by atoms with Crippen molar-refractivity contribution in [2.24, 2.45) is 0 Å². The summed E-state index contributed by atoms with van der Waals surface area (Å²) >= 11 is 6.00. The molecule has 0 spiro atoms. The molecule has 0 aliphatic carbocycles. The summed E-state index contributed by atoms with van der Waals surface area (Å²) in [6, 6.07) is 5.15. The molecule has 0 radical (unpaired) electrons. The third-order valence-corrected chi connectivity index (χ3v) is 4.23. The van der Waals surface area contributed by atoms with E-state index in [1.807, 2.05) is 19.1 Å². The van der Waals surface area contributed by atoms with E-state index < -0.39 is 0 Å². The number of nitrogens with zero attached hydrogens (tertiary/aromatic N) is 2. The molecular weight excluding hydrogens is 300 g/mol. The van der Waals surface area contributed by atoms with Crippen LogP contribution in [0.5, 0.6) is 0 Å². The number of rotatable bonds is 2. The van der Waals surface area contributed by atoms with Crippen LogP contribution in [0.25, 0.3) is 0 Å². The van der Waals surface area contributed by atoms with Crippen molar-refractivity contribution in [1.82, 2.24) is 4.90 Å². The number of benzene rings is 1. The number of amides is 2. The molecule has 1 aliphatic heterocycles. The van der Waals surface area contributed by atoms with E-state index in [4.69, 9.17) is 11.6 Å². The topological polar surface area (TPSA) is 40.6 Å². The zero-order chi connectivity index (χ0) is 16.9. The number of likely N-dealkylation sites (tertiary alicyclic amines) is 1. The Kier molecular flexibility index (Phi) is 6.62. The second-order valence-electron chi connectivity index (χ2n) is 5.20. The zero-order valence-corrected chi connectivity index (χ0v) is 14.2. The van der Waals surface area contributed by atoms with E-state index in [0.717, 1.165) is 24.1 Å². The SMILES string of the molecule is C=C.CC(=O)N1CCCC1C(=O)N(C)c1ccc(Cl)c(C)c1. The molecule has 1 saturated heterocycles. The van der Waals surface area contributed by atoms with Gasteiger partial charge in [-0.05, 0) is 43.5 Å². The molecule has 4 nitrogen and oxygen atoms in total. The van der Waals surface area contributed by atoms with Crippen molar-refractivity contribution in [2.75, 3.05) is 18.5 Å². The van der Waals surface area contributed by atoms with Gasteiger partial charge in [0.05, 0.1) is 0 Å². The number of aryl methyl sites for hydroxylation is 1. The molecule has 5 heteroatoms. The van der Waals surface area contributed by atoms with Gasteiger partial charge in [0.2, 0.25) is 11.8 Å². The molecule has 0 bridgehead atoms. The second kappa shape index (κ2) is 7.99. The Hall–Kier alpha value is -1.81. The minimum absolute atomic E-state index is 0.0402. The van der Waals surface area contributed by atoms with Crippen LogP contribution in [-0.2, 0) is 9.59 Å². The highest BCUT2D eigenvalue weighted by Gasteiger charge is 2.34. The molecular formula is C17H23ClN2O2. The number of carbonyl (C=O) groups is 2. The van der Waals surface area contributed by atoms with Gasteiger partial charge in [-0.15, -0.1) is 13.2 Å². The van der Waals surface area contributed by atoms with E-state index in [2.05, 4.69) is 13.2 Å². The van der Waals surface area contributed by atoms with Crippen molar-refractivity contribution in [3.63, 3.8) is 0 Å². The van der Waals surface area contributed by atoms with Crippen LogP contribution in [0.1, 0.15) is 25.3 Å². The number of hydrogen-bond acceptors (Lipinski definition) is 2. The number of carbonyl (C=O) groups excluding carboxylic acids is 2. The highest BCUT2D eigenvalue weighted by atomic mass is 35.5. The molecule has 1 aromatic rings. The number of anilines is 1. The average molecular weight is 323 g/mol. The Morgan fingerprint density at radius 3 is 2.55 bits per heavy atom. The number of halogens is 1. The van der Waals surface area contributed by atoms with Crippen LogP contribution in [0.15, 0.2) is 31.4 Å². The molecule has 0 saturated carbocycles. The molecule has 1 atom stereocenters. The highest BCUT2D eigenvalue weighted by Crippen LogP contribution is 2.25. The first-order valence-electron chi connectivity index (χ1n) is 7.22. The number of hydrogen-bond donors (Lipinski definition) is 0. The van der Waals surface area contributed by atoms with Crippen LogP contribution in [0.3, 0.4) is 0 Å². The molecule has 2 amide bonds. The average Bonchev–Trinajstić information content (AvgIpc) is 3.00. The van der Waals surface area contributed by atoms with Crippen molar-refractivity contribution >= 4 is 29.1 Å². The van der Waals surface area contributed by atoms with Crippen molar-refractivity contribution in [3.05, 3.63) is 41.9 Å². The summed E-state index contributed by atoms with van der Waals surface area (Å²) in [5.41, 5.74) is 1.73. The van der Waals surface area contributed by atoms with Gasteiger partial charge in [-0.2, -0.15) is 0 Å². The van der Waals surface area contributed by atoms with Crippen molar-refractivity contribution in [1.29, 1.82) is 0 Å². The van der Waals surface area contributed by atoms with Gasteiger partial charge in [0.25, 0.3) is 0 Å². The van der Waals surface area contributed by atoms with E-state index in [-0.39, 0.29) is 17.9 Å². The van der Waals surface area contributed by atoms with Gasteiger partial charge in [0.1, 0.15) is 6.04 Å². The third kappa shape index (κ3) is 3.89. The molecule has 22 heavy (non-hydrogen) atoms. The molecule has 0 aromatic heterocycles. The smallest absolute Gasteiger partial charge is 0.249 e. The maximum atomic E-state index is 12.6. The second-order valence-corrected chi connectivity index (χ2v) is 5.61. The lowest BCUT2D eigenvalue weighted by molar-refractivity contribution is -0.135. The van der Waals surface area contributed by atoms with Crippen LogP contribution in [0.2, 0.25) is 5.02 Å². The Balaban J connectivity index is 0.00000116. The van der Waals surface area contributed by atoms with E-state index in [1.165, 1.54) is 6.92 Å². The van der Waals surface area contributed by atoms with Crippen LogP contribution >= 0.6 is 11.6 Å². The summed E-state index contributed by atoms with van der Waals surface area (Å²) < 4.78 is 0. The fourth-order valence-electron chi connectivity index (χ4n) is 2.59. The molecule has 120 valence electrons. The van der Waals surface area contributed by atoms with E-state index in [9.17, 15) is 9.59 Å². The van der Waals surface area contributed by atoms with Crippen LogP contribution < -0.4 is 4.90 Å². The molecule has 1 aliphatic rings. The predicted octanol–water partition coefficient (Wildman–Crippen LogP) is 3.42. The van der Waals surface area contributed by atoms with Gasteiger partial charge in [-0.3, -0.25) is 9.59 Å². The Labute approximate surface area is 137 Å². The normalized spacial score (nSPS) is 16.7. The first kappa shape index (κ1) is 18.2. The fourth-order valence-corrected chi connectivity index (χ4v) is 2.71. The van der Waals surface area contributed by atoms with Crippen LogP contribution in [0.4, 0.5) is 5.69 Å². The molecule has 1 fully saturated rings. The Morgan fingerprint density at radius 1 is 1.36 bits per heavy atom. The van der Waals surface area contributed by atoms with E-state index in [1.54, 1.807) is 22.9 Å². The molecule has 1 unspecified atom stereocenters. The summed E-state index contributed by atoms with van der Waals surface area (Å²) in [7, 11) is 1.74. The van der Waals surface area contributed by atoms with Crippen molar-refractivity contribution in [3.8, 4) is 0 Å². The standard InChI is InChI=1S/C15H19ClN2O2.C2H4/c1-10-9-12(6-7-13(10)16)17(3)15(20)14-5-4-8-18(14)11(2)19;1-2/h6-7,9,14H,4-5,8H2,1-3H3;1-2H2. The quantitative estimate of drug-likeness (QED) is 0.783. The van der Waals surface area contributed by atoms with Gasteiger partial charge in [-0.1, -0.05) is 11.6 Å².